The molecule has 0 atom stereocenters. The maximum absolute atomic E-state index is 11.8. The molecule has 3 heterocycles. The van der Waals surface area contributed by atoms with Crippen LogP contribution < -0.4 is 5.32 Å². The normalized spacial score (nSPS) is 11.2. The van der Waals surface area contributed by atoms with Crippen LogP contribution in [0.5, 0.6) is 0 Å². The third-order valence-electron chi connectivity index (χ3n) is 4.04. The van der Waals surface area contributed by atoms with Gasteiger partial charge in [0.05, 0.1) is 11.0 Å². The van der Waals surface area contributed by atoms with Crippen LogP contribution >= 0.6 is 0 Å². The quantitative estimate of drug-likeness (QED) is 0.551. The van der Waals surface area contributed by atoms with Crippen molar-refractivity contribution in [1.29, 1.82) is 0 Å². The minimum atomic E-state index is -0.195. The third kappa shape index (κ3) is 3.16. The van der Waals surface area contributed by atoms with E-state index in [0.717, 1.165) is 11.0 Å². The molecule has 1 N–H and O–H groups in total. The van der Waals surface area contributed by atoms with E-state index in [-0.39, 0.29) is 11.7 Å². The summed E-state index contributed by atoms with van der Waals surface area (Å²) in [6, 6.07) is 7.63. The Hall–Kier alpha value is -3.56. The first-order chi connectivity index (χ1) is 13.2. The molecule has 27 heavy (non-hydrogen) atoms. The summed E-state index contributed by atoms with van der Waals surface area (Å²) in [6.45, 7) is 3.99. The number of nitrogens with zero attached hydrogens (tertiary/aromatic N) is 6. The summed E-state index contributed by atoms with van der Waals surface area (Å²) in [5, 5.41) is 18.5. The number of anilines is 1. The van der Waals surface area contributed by atoms with Crippen LogP contribution in [0, 0.1) is 0 Å². The highest BCUT2D eigenvalue weighted by Gasteiger charge is 2.22. The number of carbonyl (C=O) groups is 1. The van der Waals surface area contributed by atoms with Crippen LogP contribution in [0.2, 0.25) is 0 Å². The molecule has 138 valence electrons. The Bertz CT molecular complexity index is 1100. The Morgan fingerprint density at radius 1 is 1.15 bits per heavy atom. The van der Waals surface area contributed by atoms with Gasteiger partial charge in [0, 0.05) is 12.8 Å². The lowest BCUT2D eigenvalue weighted by Gasteiger charge is -2.05. The predicted octanol–water partition coefficient (Wildman–Crippen LogP) is 2.43. The summed E-state index contributed by atoms with van der Waals surface area (Å²) in [5.41, 5.74) is 1.96. The van der Waals surface area contributed by atoms with Crippen molar-refractivity contribution in [2.45, 2.75) is 33.2 Å². The van der Waals surface area contributed by atoms with E-state index in [1.54, 1.807) is 6.92 Å². The summed E-state index contributed by atoms with van der Waals surface area (Å²) in [4.78, 5) is 16.4. The van der Waals surface area contributed by atoms with Crippen molar-refractivity contribution in [3.63, 3.8) is 0 Å². The molecule has 10 nitrogen and oxygen atoms in total. The Morgan fingerprint density at radius 3 is 2.74 bits per heavy atom. The number of benzene rings is 1. The standard InChI is InChI=1S/C17H17N7O3/c1-3-12(25)19-16-15(22-27-23-16)17-18-10-7-5-6-8-11(10)24(17)9-14-21-20-13(4-2)26-14/h5-8H,3-4,9H2,1-2H3,(H,19,23,25). The molecule has 0 saturated heterocycles. The number of fused-ring (bicyclic) bond motifs is 1. The molecule has 0 aliphatic rings. The van der Waals surface area contributed by atoms with Crippen molar-refractivity contribution in [1.82, 2.24) is 30.1 Å². The smallest absolute Gasteiger partial charge is 0.236 e. The summed E-state index contributed by atoms with van der Waals surface area (Å²) < 4.78 is 12.4. The second-order valence-corrected chi connectivity index (χ2v) is 5.82. The molecule has 0 fully saturated rings. The Kier molecular flexibility index (Phi) is 4.37. The second-order valence-electron chi connectivity index (χ2n) is 5.82. The first-order valence-corrected chi connectivity index (χ1v) is 8.58. The molecule has 0 unspecified atom stereocenters. The van der Waals surface area contributed by atoms with Gasteiger partial charge in [0.2, 0.25) is 23.5 Å². The summed E-state index contributed by atoms with van der Waals surface area (Å²) >= 11 is 0. The molecule has 0 bridgehead atoms. The highest BCUT2D eigenvalue weighted by atomic mass is 16.6. The number of hydrogen-bond acceptors (Lipinski definition) is 8. The zero-order valence-electron chi connectivity index (χ0n) is 14.8. The summed E-state index contributed by atoms with van der Waals surface area (Å²) in [7, 11) is 0. The van der Waals surface area contributed by atoms with Crippen molar-refractivity contribution in [2.24, 2.45) is 0 Å². The van der Waals surface area contributed by atoms with Gasteiger partial charge in [-0.1, -0.05) is 26.0 Å². The molecule has 0 spiro atoms. The summed E-state index contributed by atoms with van der Waals surface area (Å²) in [6.07, 6.45) is 0.968. The molecule has 1 amide bonds. The zero-order valence-corrected chi connectivity index (χ0v) is 14.8. The van der Waals surface area contributed by atoms with E-state index in [0.29, 0.717) is 42.7 Å². The molecular formula is C17H17N7O3. The molecule has 0 aliphatic carbocycles. The predicted molar refractivity (Wildman–Crippen MR) is 94.7 cm³/mol. The average Bonchev–Trinajstić information content (AvgIpc) is 3.41. The highest BCUT2D eigenvalue weighted by Crippen LogP contribution is 2.28. The molecule has 0 aliphatic heterocycles. The SMILES string of the molecule is CCC(=O)Nc1nonc1-c1nc2ccccc2n1Cc1nnc(CC)o1. The van der Waals surface area contributed by atoms with Gasteiger partial charge in [-0.2, -0.15) is 0 Å². The number of aromatic nitrogens is 6. The Balaban J connectivity index is 1.81. The van der Waals surface area contributed by atoms with E-state index >= 15 is 0 Å². The number of amides is 1. The van der Waals surface area contributed by atoms with Gasteiger partial charge in [0.25, 0.3) is 0 Å². The maximum atomic E-state index is 11.8. The van der Waals surface area contributed by atoms with Gasteiger partial charge in [-0.15, -0.1) is 10.2 Å². The number of para-hydroxylation sites is 2. The first-order valence-electron chi connectivity index (χ1n) is 8.58. The van der Waals surface area contributed by atoms with Gasteiger partial charge in [-0.3, -0.25) is 4.79 Å². The molecule has 10 heteroatoms. The fraction of sp³-hybridized carbons (Fsp3) is 0.294. The van der Waals surface area contributed by atoms with Crippen LogP contribution in [-0.2, 0) is 17.8 Å². The van der Waals surface area contributed by atoms with E-state index in [1.165, 1.54) is 0 Å². The lowest BCUT2D eigenvalue weighted by atomic mass is 10.3. The van der Waals surface area contributed by atoms with Crippen LogP contribution in [0.15, 0.2) is 33.3 Å². The van der Waals surface area contributed by atoms with Crippen LogP contribution in [-0.4, -0.2) is 36.0 Å². The lowest BCUT2D eigenvalue weighted by Crippen LogP contribution is -2.11. The van der Waals surface area contributed by atoms with Crippen LogP contribution in [0.1, 0.15) is 32.0 Å². The van der Waals surface area contributed by atoms with Crippen molar-refractivity contribution >= 4 is 22.8 Å². The Labute approximate surface area is 153 Å². The third-order valence-corrected chi connectivity index (χ3v) is 4.04. The number of aryl methyl sites for hydroxylation is 1. The minimum absolute atomic E-state index is 0.195. The number of carbonyl (C=O) groups excluding carboxylic acids is 1. The summed E-state index contributed by atoms with van der Waals surface area (Å²) in [5.74, 6) is 1.53. The molecule has 4 aromatic rings. The van der Waals surface area contributed by atoms with Crippen LogP contribution in [0.4, 0.5) is 5.82 Å². The van der Waals surface area contributed by atoms with Gasteiger partial charge in [0.15, 0.2) is 11.5 Å². The van der Waals surface area contributed by atoms with Crippen molar-refractivity contribution in [3.05, 3.63) is 36.0 Å². The van der Waals surface area contributed by atoms with Crippen molar-refractivity contribution < 1.29 is 13.8 Å². The van der Waals surface area contributed by atoms with Gasteiger partial charge in [-0.05, 0) is 22.4 Å². The highest BCUT2D eigenvalue weighted by molar-refractivity contribution is 5.93. The monoisotopic (exact) mass is 367 g/mol. The largest absolute Gasteiger partial charge is 0.423 e. The van der Waals surface area contributed by atoms with Gasteiger partial charge >= 0.3 is 0 Å². The Morgan fingerprint density at radius 2 is 1.96 bits per heavy atom. The van der Waals surface area contributed by atoms with Gasteiger partial charge < -0.3 is 14.3 Å². The van der Waals surface area contributed by atoms with E-state index in [4.69, 9.17) is 9.05 Å². The van der Waals surface area contributed by atoms with Crippen LogP contribution in [0.3, 0.4) is 0 Å². The number of rotatable bonds is 6. The zero-order chi connectivity index (χ0) is 18.8. The lowest BCUT2D eigenvalue weighted by molar-refractivity contribution is -0.115. The van der Waals surface area contributed by atoms with Crippen molar-refractivity contribution in [3.8, 4) is 11.5 Å². The van der Waals surface area contributed by atoms with Crippen LogP contribution in [0.25, 0.3) is 22.6 Å². The number of nitrogens with one attached hydrogen (secondary N) is 1. The molecule has 4 rings (SSSR count). The van der Waals surface area contributed by atoms with Gasteiger partial charge in [0.1, 0.15) is 6.54 Å². The fourth-order valence-electron chi connectivity index (χ4n) is 2.68. The minimum Gasteiger partial charge on any atom is -0.423 e. The molecule has 1 aromatic carbocycles. The van der Waals surface area contributed by atoms with E-state index in [2.05, 4.69) is 30.8 Å². The van der Waals surface area contributed by atoms with Crippen molar-refractivity contribution in [2.75, 3.05) is 5.32 Å². The van der Waals surface area contributed by atoms with E-state index in [9.17, 15) is 4.79 Å². The molecular weight excluding hydrogens is 350 g/mol. The maximum Gasteiger partial charge on any atom is 0.236 e. The first kappa shape index (κ1) is 16.9. The molecule has 3 aromatic heterocycles. The van der Waals surface area contributed by atoms with Gasteiger partial charge in [-0.25, -0.2) is 9.61 Å². The molecule has 0 radical (unpaired) electrons. The topological polar surface area (TPSA) is 125 Å². The second kappa shape index (κ2) is 6.98. The fourth-order valence-corrected chi connectivity index (χ4v) is 2.68. The van der Waals surface area contributed by atoms with E-state index in [1.807, 2.05) is 35.8 Å². The van der Waals surface area contributed by atoms with E-state index < -0.39 is 0 Å². The number of imidazole rings is 1. The molecule has 0 saturated carbocycles. The number of hydrogen-bond donors (Lipinski definition) is 1. The average molecular weight is 367 g/mol.